The molecule has 0 aliphatic heterocycles. The minimum atomic E-state index is -0.182. The molecule has 0 spiro atoms. The lowest BCUT2D eigenvalue weighted by Crippen LogP contribution is -2.27. The maximum atomic E-state index is 13.0. The fourth-order valence-corrected chi connectivity index (χ4v) is 5.38. The first-order valence-electron chi connectivity index (χ1n) is 11.7. The number of anilines is 1. The fraction of sp³-hybridized carbons (Fsp3) is 0.269. The van der Waals surface area contributed by atoms with Crippen molar-refractivity contribution in [2.24, 2.45) is 5.92 Å². The van der Waals surface area contributed by atoms with Crippen LogP contribution in [0.15, 0.2) is 54.7 Å². The molecular formula is C26H25N7OS. The molecule has 176 valence electrons. The zero-order valence-electron chi connectivity index (χ0n) is 19.5. The van der Waals surface area contributed by atoms with E-state index in [-0.39, 0.29) is 5.91 Å². The summed E-state index contributed by atoms with van der Waals surface area (Å²) in [4.78, 5) is 28.0. The summed E-state index contributed by atoms with van der Waals surface area (Å²) < 4.78 is 1.71. The summed E-state index contributed by atoms with van der Waals surface area (Å²) in [6.45, 7) is 5.22. The smallest absolute Gasteiger partial charge is 0.270 e. The lowest BCUT2D eigenvalue weighted by molar-refractivity contribution is 0.0946. The Labute approximate surface area is 206 Å². The fourth-order valence-electron chi connectivity index (χ4n) is 4.50. The van der Waals surface area contributed by atoms with Crippen LogP contribution in [-0.2, 0) is 6.54 Å². The summed E-state index contributed by atoms with van der Waals surface area (Å²) in [5.74, 6) is 1.31. The maximum absolute atomic E-state index is 13.0. The Bertz CT molecular complexity index is 1560. The molecule has 0 radical (unpaired) electrons. The number of benzene rings is 1. The molecule has 0 saturated heterocycles. The molecule has 8 nitrogen and oxygen atoms in total. The highest BCUT2D eigenvalue weighted by Gasteiger charge is 2.39. The van der Waals surface area contributed by atoms with E-state index in [9.17, 15) is 4.79 Å². The summed E-state index contributed by atoms with van der Waals surface area (Å²) in [6, 6.07) is 15.9. The van der Waals surface area contributed by atoms with Crippen LogP contribution >= 0.6 is 11.3 Å². The van der Waals surface area contributed by atoms with Crippen LogP contribution in [0.1, 0.15) is 44.1 Å². The Morgan fingerprint density at radius 2 is 2.00 bits per heavy atom. The Morgan fingerprint density at radius 3 is 2.86 bits per heavy atom. The molecule has 4 aromatic heterocycles. The predicted octanol–water partition coefficient (Wildman–Crippen LogP) is 4.50. The van der Waals surface area contributed by atoms with E-state index in [0.29, 0.717) is 36.3 Å². The summed E-state index contributed by atoms with van der Waals surface area (Å²) in [5.41, 5.74) is 4.13. The lowest BCUT2D eigenvalue weighted by atomic mass is 10.1. The van der Waals surface area contributed by atoms with Gasteiger partial charge in [-0.2, -0.15) is 9.61 Å². The molecule has 1 aromatic carbocycles. The van der Waals surface area contributed by atoms with Crippen LogP contribution in [0, 0.1) is 19.8 Å². The van der Waals surface area contributed by atoms with E-state index < -0.39 is 0 Å². The zero-order valence-corrected chi connectivity index (χ0v) is 20.3. The van der Waals surface area contributed by atoms with Crippen molar-refractivity contribution in [1.29, 1.82) is 0 Å². The van der Waals surface area contributed by atoms with Gasteiger partial charge in [0.25, 0.3) is 5.91 Å². The first kappa shape index (κ1) is 21.7. The minimum Gasteiger partial charge on any atom is -0.365 e. The van der Waals surface area contributed by atoms with Crippen molar-refractivity contribution < 1.29 is 4.79 Å². The Kier molecular flexibility index (Phi) is 5.41. The summed E-state index contributed by atoms with van der Waals surface area (Å²) in [5, 5.41) is 13.0. The number of carbonyl (C=O) groups is 1. The van der Waals surface area contributed by atoms with E-state index in [1.165, 1.54) is 0 Å². The summed E-state index contributed by atoms with van der Waals surface area (Å²) in [6.07, 6.45) is 2.71. The number of nitrogens with one attached hydrogen (secondary N) is 2. The second kappa shape index (κ2) is 8.74. The number of hydrogen-bond acceptors (Lipinski definition) is 7. The van der Waals surface area contributed by atoms with Gasteiger partial charge in [0.15, 0.2) is 5.65 Å². The molecule has 1 fully saturated rings. The number of nitrogens with zero attached hydrogens (tertiary/aromatic N) is 5. The van der Waals surface area contributed by atoms with Crippen LogP contribution < -0.4 is 10.6 Å². The molecular weight excluding hydrogens is 458 g/mol. The van der Waals surface area contributed by atoms with Gasteiger partial charge in [0, 0.05) is 40.6 Å². The van der Waals surface area contributed by atoms with E-state index >= 15 is 0 Å². The zero-order chi connectivity index (χ0) is 23.9. The number of carbonyl (C=O) groups excluding carboxylic acids is 1. The molecule has 0 bridgehead atoms. The molecule has 9 heteroatoms. The van der Waals surface area contributed by atoms with E-state index in [1.54, 1.807) is 34.2 Å². The number of aromatic nitrogens is 5. The van der Waals surface area contributed by atoms with Crippen molar-refractivity contribution in [1.82, 2.24) is 29.9 Å². The standard InChI is InChI=1S/C26H25N7OS/c1-15-23(35-16(2)30-15)14-27-25-12-22(32-24-9-10-29-33(24)25)26(34)28-13-18-11-19(18)21-8-7-17-5-3-4-6-20(17)31-21/h3-10,12,18-19,27H,11,13-14H2,1-2H3,(H,28,34)/t18-,19+/m0/s1. The molecule has 35 heavy (non-hydrogen) atoms. The van der Waals surface area contributed by atoms with Crippen molar-refractivity contribution >= 4 is 39.6 Å². The van der Waals surface area contributed by atoms with Crippen LogP contribution in [0.5, 0.6) is 0 Å². The normalized spacial score (nSPS) is 17.1. The van der Waals surface area contributed by atoms with E-state index in [1.807, 2.05) is 32.0 Å². The van der Waals surface area contributed by atoms with Gasteiger partial charge in [0.1, 0.15) is 11.5 Å². The van der Waals surface area contributed by atoms with Crippen molar-refractivity contribution in [3.05, 3.63) is 81.7 Å². The van der Waals surface area contributed by atoms with Gasteiger partial charge in [0.05, 0.1) is 29.0 Å². The van der Waals surface area contributed by atoms with Crippen molar-refractivity contribution in [3.8, 4) is 0 Å². The average molecular weight is 484 g/mol. The molecule has 2 N–H and O–H groups in total. The molecule has 2 atom stereocenters. The van der Waals surface area contributed by atoms with Gasteiger partial charge in [-0.25, -0.2) is 9.97 Å². The third kappa shape index (κ3) is 4.35. The van der Waals surface area contributed by atoms with Crippen LogP contribution in [-0.4, -0.2) is 37.0 Å². The average Bonchev–Trinajstić information content (AvgIpc) is 3.35. The van der Waals surface area contributed by atoms with Crippen LogP contribution in [0.25, 0.3) is 16.6 Å². The predicted molar refractivity (Wildman–Crippen MR) is 137 cm³/mol. The highest BCUT2D eigenvalue weighted by atomic mass is 32.1. The van der Waals surface area contributed by atoms with Gasteiger partial charge >= 0.3 is 0 Å². The van der Waals surface area contributed by atoms with Gasteiger partial charge in [-0.15, -0.1) is 11.3 Å². The Balaban J connectivity index is 1.13. The topological polar surface area (TPSA) is 97.1 Å². The quantitative estimate of drug-likeness (QED) is 0.354. The maximum Gasteiger partial charge on any atom is 0.270 e. The number of fused-ring (bicyclic) bond motifs is 2. The number of para-hydroxylation sites is 1. The van der Waals surface area contributed by atoms with Crippen LogP contribution in [0.4, 0.5) is 5.82 Å². The van der Waals surface area contributed by atoms with E-state index in [2.05, 4.69) is 43.9 Å². The Hall–Kier alpha value is -3.85. The largest absolute Gasteiger partial charge is 0.365 e. The first-order valence-corrected chi connectivity index (χ1v) is 12.5. The second-order valence-electron chi connectivity index (χ2n) is 8.96. The molecule has 1 aliphatic rings. The van der Waals surface area contributed by atoms with E-state index in [0.717, 1.165) is 44.4 Å². The number of amides is 1. The number of aryl methyl sites for hydroxylation is 2. The van der Waals surface area contributed by atoms with Gasteiger partial charge in [0.2, 0.25) is 0 Å². The number of rotatable bonds is 7. The number of thiazole rings is 1. The number of pyridine rings is 1. The molecule has 1 amide bonds. The van der Waals surface area contributed by atoms with Gasteiger partial charge in [-0.05, 0) is 38.3 Å². The molecule has 5 aromatic rings. The third-order valence-electron chi connectivity index (χ3n) is 6.47. The minimum absolute atomic E-state index is 0.182. The van der Waals surface area contributed by atoms with Gasteiger partial charge in [-0.3, -0.25) is 9.78 Å². The first-order chi connectivity index (χ1) is 17.0. The van der Waals surface area contributed by atoms with Crippen LogP contribution in [0.3, 0.4) is 0 Å². The van der Waals surface area contributed by atoms with Gasteiger partial charge < -0.3 is 10.6 Å². The highest BCUT2D eigenvalue weighted by Crippen LogP contribution is 2.46. The lowest BCUT2D eigenvalue weighted by Gasteiger charge is -2.10. The molecule has 4 heterocycles. The van der Waals surface area contributed by atoms with E-state index in [4.69, 9.17) is 4.98 Å². The van der Waals surface area contributed by atoms with Crippen LogP contribution in [0.2, 0.25) is 0 Å². The Morgan fingerprint density at radius 1 is 1.11 bits per heavy atom. The summed E-state index contributed by atoms with van der Waals surface area (Å²) >= 11 is 1.67. The van der Waals surface area contributed by atoms with Crippen molar-refractivity contribution in [3.63, 3.8) is 0 Å². The molecule has 0 unspecified atom stereocenters. The van der Waals surface area contributed by atoms with Crippen molar-refractivity contribution in [2.75, 3.05) is 11.9 Å². The third-order valence-corrected chi connectivity index (χ3v) is 7.54. The monoisotopic (exact) mass is 483 g/mol. The highest BCUT2D eigenvalue weighted by molar-refractivity contribution is 7.11. The second-order valence-corrected chi connectivity index (χ2v) is 10.3. The van der Waals surface area contributed by atoms with Crippen molar-refractivity contribution in [2.45, 2.75) is 32.7 Å². The number of hydrogen-bond donors (Lipinski definition) is 2. The molecule has 1 aliphatic carbocycles. The SMILES string of the molecule is Cc1nc(C)c(CNc2cc(C(=O)NC[C@@H]3C[C@H]3c3ccc4ccccc4n3)nc3ccnn23)s1. The van der Waals surface area contributed by atoms with Gasteiger partial charge in [-0.1, -0.05) is 24.3 Å². The summed E-state index contributed by atoms with van der Waals surface area (Å²) in [7, 11) is 0. The molecule has 1 saturated carbocycles. The molecule has 6 rings (SSSR count).